The van der Waals surface area contributed by atoms with Crippen molar-refractivity contribution >= 4 is 0 Å². The first kappa shape index (κ1) is 41.1. The predicted octanol–water partition coefficient (Wildman–Crippen LogP) is 8.55. The van der Waals surface area contributed by atoms with E-state index < -0.39 is 90.3 Å². The van der Waals surface area contributed by atoms with E-state index in [0.29, 0.717) is 0 Å². The van der Waals surface area contributed by atoms with Gasteiger partial charge in [0.25, 0.3) is 0 Å². The van der Waals surface area contributed by atoms with Crippen molar-refractivity contribution in [3.8, 4) is 0 Å². The average molecular weight is 714 g/mol. The molecule has 1 nitrogen and oxygen atoms in total. The van der Waals surface area contributed by atoms with Gasteiger partial charge in [-0.15, -0.1) is 0 Å². The van der Waals surface area contributed by atoms with Gasteiger partial charge < -0.3 is 5.11 Å². The third kappa shape index (κ3) is 4.79. The topological polar surface area (TPSA) is 20.2 Å². The molecule has 0 unspecified atom stereocenters. The first-order valence-corrected chi connectivity index (χ1v) is 9.27. The summed E-state index contributed by atoms with van der Waals surface area (Å²) in [4.78, 5) is 0. The molecule has 0 atom stereocenters. The van der Waals surface area contributed by atoms with Crippen LogP contribution in [0.25, 0.3) is 0 Å². The second kappa shape index (κ2) is 10.0. The van der Waals surface area contributed by atoms with Crippen LogP contribution in [-0.2, 0) is 0 Å². The largest absolute Gasteiger partial charge is 0.460 e. The summed E-state index contributed by atoms with van der Waals surface area (Å²) in [6.45, 7) is -2.47. The predicted molar refractivity (Wildman–Crippen MR) is 77.1 cm³/mol. The molecular formula is C15H5F27O. The fourth-order valence-corrected chi connectivity index (χ4v) is 2.48. The van der Waals surface area contributed by atoms with Crippen LogP contribution in [0.2, 0.25) is 0 Å². The molecule has 43 heavy (non-hydrogen) atoms. The van der Waals surface area contributed by atoms with Crippen LogP contribution >= 0.6 is 0 Å². The second-order valence-electron chi connectivity index (χ2n) is 7.99. The zero-order chi connectivity index (χ0) is 35.9. The number of halogens is 27. The van der Waals surface area contributed by atoms with Crippen LogP contribution < -0.4 is 0 Å². The zero-order valence-corrected chi connectivity index (χ0v) is 18.6. The maximum absolute atomic E-state index is 13.6. The first-order chi connectivity index (χ1) is 18.1. The minimum absolute atomic E-state index is 2.47. The van der Waals surface area contributed by atoms with E-state index in [4.69, 9.17) is 5.11 Å². The molecule has 0 spiro atoms. The fraction of sp³-hybridized carbons (Fsp3) is 1.00. The molecular weight excluding hydrogens is 709 g/mol. The summed E-state index contributed by atoms with van der Waals surface area (Å²) < 4.78 is 356. The van der Waals surface area contributed by atoms with Crippen LogP contribution in [0.5, 0.6) is 0 Å². The number of aliphatic hydroxyl groups is 1. The smallest absolute Gasteiger partial charge is 0.396 e. The van der Waals surface area contributed by atoms with Gasteiger partial charge >= 0.3 is 77.2 Å². The third-order valence-electron chi connectivity index (χ3n) is 5.18. The standard InChI is InChI=1S/C15H5F27O/c16-3(17,1-2-43)4(18,19)5(20,21)6(22,23)7(24,25)8(26,27)9(28,29)10(30,31)11(32,33)12(34,35)13(36,37)14(38,39)15(40,41)42/h43H,1-2H2. The molecule has 0 heterocycles. The van der Waals surface area contributed by atoms with E-state index in [9.17, 15) is 119 Å². The lowest BCUT2D eigenvalue weighted by atomic mass is 9.84. The molecule has 0 bridgehead atoms. The Balaban J connectivity index is 7.42. The van der Waals surface area contributed by atoms with Gasteiger partial charge in [0.15, 0.2) is 0 Å². The number of hydrogen-bond acceptors (Lipinski definition) is 1. The monoisotopic (exact) mass is 714 g/mol. The molecule has 0 aromatic heterocycles. The first-order valence-electron chi connectivity index (χ1n) is 9.27. The lowest BCUT2D eigenvalue weighted by Crippen LogP contribution is -2.78. The van der Waals surface area contributed by atoms with Crippen LogP contribution in [0.4, 0.5) is 119 Å². The van der Waals surface area contributed by atoms with Gasteiger partial charge in [0.05, 0.1) is 0 Å². The van der Waals surface area contributed by atoms with Gasteiger partial charge in [0.1, 0.15) is 0 Å². The van der Waals surface area contributed by atoms with Crippen molar-refractivity contribution in [1.82, 2.24) is 0 Å². The van der Waals surface area contributed by atoms with Gasteiger partial charge in [-0.25, -0.2) is 0 Å². The van der Waals surface area contributed by atoms with E-state index >= 15 is 0 Å². The van der Waals surface area contributed by atoms with Crippen molar-refractivity contribution in [2.75, 3.05) is 6.61 Å². The Hall–Kier alpha value is -1.93. The Morgan fingerprint density at radius 3 is 0.581 bits per heavy atom. The molecule has 0 aliphatic heterocycles. The molecule has 0 radical (unpaired) electrons. The van der Waals surface area contributed by atoms with Crippen LogP contribution in [0.15, 0.2) is 0 Å². The molecule has 260 valence electrons. The third-order valence-corrected chi connectivity index (χ3v) is 5.18. The molecule has 0 aromatic rings. The van der Waals surface area contributed by atoms with Crippen molar-refractivity contribution in [1.29, 1.82) is 0 Å². The summed E-state index contributed by atoms with van der Waals surface area (Å²) in [5.74, 6) is -109. The maximum Gasteiger partial charge on any atom is 0.460 e. The van der Waals surface area contributed by atoms with Crippen LogP contribution in [0.3, 0.4) is 0 Å². The van der Waals surface area contributed by atoms with Gasteiger partial charge in [-0.2, -0.15) is 119 Å². The molecule has 0 aromatic carbocycles. The molecule has 28 heteroatoms. The summed E-state index contributed by atoms with van der Waals surface area (Å²) in [5.41, 5.74) is 0. The zero-order valence-electron chi connectivity index (χ0n) is 18.6. The summed E-state index contributed by atoms with van der Waals surface area (Å²) in [6.07, 6.45) is -11.4. The molecule has 1 N–H and O–H groups in total. The minimum Gasteiger partial charge on any atom is -0.396 e. The summed E-state index contributed by atoms with van der Waals surface area (Å²) in [7, 11) is 0. The molecule has 0 saturated heterocycles. The van der Waals surface area contributed by atoms with Gasteiger partial charge in [0, 0.05) is 13.0 Å². The molecule has 0 aliphatic carbocycles. The second-order valence-corrected chi connectivity index (χ2v) is 7.99. The highest BCUT2D eigenvalue weighted by molar-refractivity contribution is 5.20. The van der Waals surface area contributed by atoms with Gasteiger partial charge in [-0.05, 0) is 0 Å². The van der Waals surface area contributed by atoms with E-state index in [1.54, 1.807) is 0 Å². The molecule has 0 rings (SSSR count). The van der Waals surface area contributed by atoms with Gasteiger partial charge in [-0.1, -0.05) is 0 Å². The number of aliphatic hydroxyl groups excluding tert-OH is 1. The Morgan fingerprint density at radius 1 is 0.256 bits per heavy atom. The number of hydrogen-bond donors (Lipinski definition) is 1. The Morgan fingerprint density at radius 2 is 0.419 bits per heavy atom. The fourth-order valence-electron chi connectivity index (χ4n) is 2.48. The lowest BCUT2D eigenvalue weighted by Gasteiger charge is -2.46. The quantitative estimate of drug-likeness (QED) is 0.190. The number of rotatable bonds is 13. The van der Waals surface area contributed by atoms with E-state index in [0.717, 1.165) is 0 Å². The normalized spacial score (nSPS) is 17.0. The highest BCUT2D eigenvalue weighted by atomic mass is 19.4. The molecule has 0 fully saturated rings. The molecule has 0 saturated carbocycles. The van der Waals surface area contributed by atoms with E-state index in [2.05, 4.69) is 0 Å². The van der Waals surface area contributed by atoms with Crippen molar-refractivity contribution in [3.05, 3.63) is 0 Å². The summed E-state index contributed by atoms with van der Waals surface area (Å²) in [5, 5.41) is 8.02. The Bertz CT molecular complexity index is 1000. The molecule has 0 amide bonds. The van der Waals surface area contributed by atoms with Crippen LogP contribution in [0, 0.1) is 0 Å². The maximum atomic E-state index is 13.6. The van der Waals surface area contributed by atoms with Crippen molar-refractivity contribution in [2.24, 2.45) is 0 Å². The SMILES string of the molecule is OCCC(F)(F)C(F)(F)C(F)(F)C(F)(F)C(F)(F)C(F)(F)C(F)(F)C(F)(F)C(F)(F)C(F)(F)C(F)(F)C(F)(F)C(F)(F)F. The highest BCUT2D eigenvalue weighted by Crippen LogP contribution is 2.68. The Kier molecular flexibility index (Phi) is 9.59. The lowest BCUT2D eigenvalue weighted by molar-refractivity contribution is -0.485. The molecule has 0 aliphatic rings. The summed E-state index contributed by atoms with van der Waals surface area (Å²) in [6, 6.07) is 0. The van der Waals surface area contributed by atoms with Gasteiger partial charge in [0.2, 0.25) is 0 Å². The average Bonchev–Trinajstić information content (AvgIpc) is 2.76. The van der Waals surface area contributed by atoms with E-state index in [-0.39, 0.29) is 0 Å². The van der Waals surface area contributed by atoms with Crippen LogP contribution in [-0.4, -0.2) is 89.0 Å². The van der Waals surface area contributed by atoms with Crippen LogP contribution in [0.1, 0.15) is 6.42 Å². The van der Waals surface area contributed by atoms with Crippen molar-refractivity contribution in [3.63, 3.8) is 0 Å². The van der Waals surface area contributed by atoms with E-state index in [1.165, 1.54) is 0 Å². The Labute approximate surface area is 215 Å². The highest BCUT2D eigenvalue weighted by Gasteiger charge is 3.00. The number of alkyl halides is 27. The van der Waals surface area contributed by atoms with Crippen molar-refractivity contribution < 1.29 is 124 Å². The summed E-state index contributed by atoms with van der Waals surface area (Å²) >= 11 is 0. The van der Waals surface area contributed by atoms with Gasteiger partial charge in [-0.3, -0.25) is 0 Å². The minimum atomic E-state index is -9.78. The van der Waals surface area contributed by atoms with Crippen molar-refractivity contribution in [2.45, 2.75) is 83.7 Å². The van der Waals surface area contributed by atoms with E-state index in [1.807, 2.05) is 0 Å².